The number of pyridine rings is 1. The molecule has 1 amide bonds. The van der Waals surface area contributed by atoms with Crippen LogP contribution in [0.2, 0.25) is 0 Å². The Morgan fingerprint density at radius 3 is 2.33 bits per heavy atom. The fourth-order valence-corrected chi connectivity index (χ4v) is 4.56. The van der Waals surface area contributed by atoms with Gasteiger partial charge in [0.2, 0.25) is 0 Å². The van der Waals surface area contributed by atoms with Crippen molar-refractivity contribution in [2.75, 3.05) is 6.61 Å². The summed E-state index contributed by atoms with van der Waals surface area (Å²) in [5.41, 5.74) is 2.09. The number of ether oxygens (including phenoxy) is 2. The molecule has 0 saturated carbocycles. The standard InChI is InChI=1S/C32H34N2O6/c1-4-5-6-18-39-26-15-13-23(14-16-26)29(35)27-28(25-8-7-17-33-19-25)34(31(37)30(27)36)20-22-9-11-24(12-10-22)32(38)40-21(2)3/h7-17,19,21,28,35H,4-6,18,20H2,1-3H3/b29-27+. The molecule has 1 fully saturated rings. The van der Waals surface area contributed by atoms with Gasteiger partial charge in [0, 0.05) is 24.5 Å². The maximum Gasteiger partial charge on any atom is 0.338 e. The van der Waals surface area contributed by atoms with Crippen molar-refractivity contribution in [1.29, 1.82) is 0 Å². The number of Topliss-reactive ketones (excluding diaryl/α,β-unsaturated/α-hetero) is 1. The summed E-state index contributed by atoms with van der Waals surface area (Å²) >= 11 is 0. The van der Waals surface area contributed by atoms with Crippen LogP contribution in [-0.4, -0.2) is 45.4 Å². The van der Waals surface area contributed by atoms with Gasteiger partial charge in [-0.3, -0.25) is 14.6 Å². The third-order valence-electron chi connectivity index (χ3n) is 6.57. The van der Waals surface area contributed by atoms with E-state index in [1.165, 1.54) is 4.90 Å². The van der Waals surface area contributed by atoms with E-state index in [2.05, 4.69) is 11.9 Å². The van der Waals surface area contributed by atoms with Crippen LogP contribution in [0.15, 0.2) is 78.6 Å². The summed E-state index contributed by atoms with van der Waals surface area (Å²) in [6.07, 6.45) is 6.08. The second kappa shape index (κ2) is 13.1. The highest BCUT2D eigenvalue weighted by Crippen LogP contribution is 2.40. The molecule has 0 aliphatic carbocycles. The molecule has 1 aliphatic rings. The summed E-state index contributed by atoms with van der Waals surface area (Å²) in [6.45, 7) is 6.37. The Balaban J connectivity index is 1.63. The molecule has 208 valence electrons. The quantitative estimate of drug-likeness (QED) is 0.107. The first-order valence-corrected chi connectivity index (χ1v) is 13.5. The van der Waals surface area contributed by atoms with E-state index in [0.29, 0.717) is 34.6 Å². The highest BCUT2D eigenvalue weighted by Gasteiger charge is 2.46. The van der Waals surface area contributed by atoms with E-state index < -0.39 is 23.7 Å². The summed E-state index contributed by atoms with van der Waals surface area (Å²) in [5.74, 6) is -1.54. The van der Waals surface area contributed by atoms with Crippen LogP contribution < -0.4 is 4.74 Å². The van der Waals surface area contributed by atoms with Gasteiger partial charge in [-0.15, -0.1) is 0 Å². The molecular formula is C32H34N2O6. The first-order chi connectivity index (χ1) is 19.3. The van der Waals surface area contributed by atoms with E-state index in [4.69, 9.17) is 9.47 Å². The largest absolute Gasteiger partial charge is 0.507 e. The van der Waals surface area contributed by atoms with Crippen LogP contribution in [0.4, 0.5) is 0 Å². The van der Waals surface area contributed by atoms with Gasteiger partial charge in [0.1, 0.15) is 11.5 Å². The molecule has 0 spiro atoms. The smallest absolute Gasteiger partial charge is 0.338 e. The monoisotopic (exact) mass is 542 g/mol. The lowest BCUT2D eigenvalue weighted by Crippen LogP contribution is -2.29. The van der Waals surface area contributed by atoms with Gasteiger partial charge < -0.3 is 19.5 Å². The van der Waals surface area contributed by atoms with Crippen molar-refractivity contribution in [3.05, 3.63) is 101 Å². The second-order valence-corrected chi connectivity index (χ2v) is 9.94. The lowest BCUT2D eigenvalue weighted by atomic mass is 9.96. The van der Waals surface area contributed by atoms with Crippen molar-refractivity contribution in [2.24, 2.45) is 0 Å². The first-order valence-electron chi connectivity index (χ1n) is 13.5. The van der Waals surface area contributed by atoms with Gasteiger partial charge in [0.05, 0.1) is 29.9 Å². The van der Waals surface area contributed by atoms with Gasteiger partial charge in [0.25, 0.3) is 11.7 Å². The molecule has 2 heterocycles. The minimum Gasteiger partial charge on any atom is -0.507 e. The molecule has 1 saturated heterocycles. The molecule has 2 aromatic carbocycles. The number of ketones is 1. The Morgan fingerprint density at radius 1 is 1.00 bits per heavy atom. The van der Waals surface area contributed by atoms with Crippen LogP contribution in [0.3, 0.4) is 0 Å². The SMILES string of the molecule is CCCCCOc1ccc(/C(O)=C2\C(=O)C(=O)N(Cc3ccc(C(=O)OC(C)C)cc3)C2c2cccnc2)cc1. The van der Waals surface area contributed by atoms with Crippen LogP contribution in [0.25, 0.3) is 5.76 Å². The number of carbonyl (C=O) groups excluding carboxylic acids is 3. The molecule has 8 heteroatoms. The number of aliphatic hydroxyl groups is 1. The molecular weight excluding hydrogens is 508 g/mol. The summed E-state index contributed by atoms with van der Waals surface area (Å²) in [7, 11) is 0. The van der Waals surface area contributed by atoms with Gasteiger partial charge in [-0.1, -0.05) is 38.0 Å². The molecule has 40 heavy (non-hydrogen) atoms. The maximum absolute atomic E-state index is 13.3. The fraction of sp³-hybridized carbons (Fsp3) is 0.312. The summed E-state index contributed by atoms with van der Waals surface area (Å²) in [4.78, 5) is 44.4. The average molecular weight is 543 g/mol. The van der Waals surface area contributed by atoms with Gasteiger partial charge in [-0.25, -0.2) is 4.79 Å². The van der Waals surface area contributed by atoms with Gasteiger partial charge in [-0.2, -0.15) is 0 Å². The number of hydrogen-bond donors (Lipinski definition) is 1. The molecule has 4 rings (SSSR count). The molecule has 1 aromatic heterocycles. The first kappa shape index (κ1) is 28.5. The van der Waals surface area contributed by atoms with Crippen molar-refractivity contribution in [3.63, 3.8) is 0 Å². The number of likely N-dealkylation sites (tertiary alicyclic amines) is 1. The Morgan fingerprint density at radius 2 is 1.70 bits per heavy atom. The van der Waals surface area contributed by atoms with E-state index in [1.807, 2.05) is 0 Å². The molecule has 1 N–H and O–H groups in total. The maximum atomic E-state index is 13.3. The van der Waals surface area contributed by atoms with Crippen molar-refractivity contribution in [3.8, 4) is 5.75 Å². The summed E-state index contributed by atoms with van der Waals surface area (Å²) in [5, 5.41) is 11.3. The Bertz CT molecular complexity index is 1360. The van der Waals surface area contributed by atoms with Crippen LogP contribution in [0, 0.1) is 0 Å². The Hall–Kier alpha value is -4.46. The third kappa shape index (κ3) is 6.57. The molecule has 3 aromatic rings. The molecule has 1 atom stereocenters. The van der Waals surface area contributed by atoms with E-state index in [0.717, 1.165) is 19.3 Å². The Labute approximate surface area is 234 Å². The number of hydrogen-bond acceptors (Lipinski definition) is 7. The van der Waals surface area contributed by atoms with Crippen LogP contribution >= 0.6 is 0 Å². The van der Waals surface area contributed by atoms with Gasteiger partial charge >= 0.3 is 5.97 Å². The number of benzene rings is 2. The minimum absolute atomic E-state index is 0.00764. The summed E-state index contributed by atoms with van der Waals surface area (Å²) in [6, 6.07) is 16.2. The van der Waals surface area contributed by atoms with Crippen molar-refractivity contribution < 1.29 is 29.0 Å². The lowest BCUT2D eigenvalue weighted by molar-refractivity contribution is -0.140. The second-order valence-electron chi connectivity index (χ2n) is 9.94. The summed E-state index contributed by atoms with van der Waals surface area (Å²) < 4.78 is 11.0. The Kier molecular flexibility index (Phi) is 9.32. The molecule has 1 unspecified atom stereocenters. The highest BCUT2D eigenvalue weighted by atomic mass is 16.5. The van der Waals surface area contributed by atoms with Crippen LogP contribution in [-0.2, 0) is 20.9 Å². The van der Waals surface area contributed by atoms with Crippen LogP contribution in [0.1, 0.15) is 73.1 Å². The van der Waals surface area contributed by atoms with Crippen LogP contribution in [0.5, 0.6) is 5.75 Å². The number of nitrogens with zero attached hydrogens (tertiary/aromatic N) is 2. The number of esters is 1. The van der Waals surface area contributed by atoms with E-state index in [-0.39, 0.29) is 24.0 Å². The van der Waals surface area contributed by atoms with E-state index in [9.17, 15) is 19.5 Å². The number of unbranched alkanes of at least 4 members (excludes halogenated alkanes) is 2. The minimum atomic E-state index is -0.843. The fourth-order valence-electron chi connectivity index (χ4n) is 4.56. The highest BCUT2D eigenvalue weighted by molar-refractivity contribution is 6.46. The molecule has 1 aliphatic heterocycles. The number of aromatic nitrogens is 1. The zero-order chi connectivity index (χ0) is 28.6. The van der Waals surface area contributed by atoms with Crippen molar-refractivity contribution in [1.82, 2.24) is 9.88 Å². The van der Waals surface area contributed by atoms with E-state index >= 15 is 0 Å². The number of rotatable bonds is 11. The normalized spacial score (nSPS) is 16.4. The average Bonchev–Trinajstić information content (AvgIpc) is 3.20. The molecule has 8 nitrogen and oxygen atoms in total. The zero-order valence-corrected chi connectivity index (χ0v) is 23.0. The van der Waals surface area contributed by atoms with Gasteiger partial charge in [-0.05, 0) is 73.9 Å². The van der Waals surface area contributed by atoms with Crippen molar-refractivity contribution in [2.45, 2.75) is 58.7 Å². The van der Waals surface area contributed by atoms with Crippen molar-refractivity contribution >= 4 is 23.4 Å². The number of aliphatic hydroxyl groups excluding tert-OH is 1. The third-order valence-corrected chi connectivity index (χ3v) is 6.57. The van der Waals surface area contributed by atoms with E-state index in [1.54, 1.807) is 86.9 Å². The van der Waals surface area contributed by atoms with Gasteiger partial charge in [0.15, 0.2) is 0 Å². The predicted octanol–water partition coefficient (Wildman–Crippen LogP) is 5.84. The lowest BCUT2D eigenvalue weighted by Gasteiger charge is -2.25. The predicted molar refractivity (Wildman–Crippen MR) is 151 cm³/mol. The molecule has 0 bridgehead atoms. The topological polar surface area (TPSA) is 106 Å². The number of carbonyl (C=O) groups is 3. The molecule has 0 radical (unpaired) electrons. The zero-order valence-electron chi connectivity index (χ0n) is 23.0. The number of amides is 1.